The first-order valence-corrected chi connectivity index (χ1v) is 6.65. The molecule has 1 aliphatic rings. The zero-order valence-electron chi connectivity index (χ0n) is 11.7. The Kier molecular flexibility index (Phi) is 4.09. The van der Waals surface area contributed by atoms with E-state index in [1.54, 1.807) is 6.07 Å². The number of carbonyl (C=O) groups is 2. The van der Waals surface area contributed by atoms with Crippen LogP contribution < -0.4 is 5.32 Å². The van der Waals surface area contributed by atoms with Gasteiger partial charge < -0.3 is 15.2 Å². The maximum atomic E-state index is 12.3. The second kappa shape index (κ2) is 5.63. The molecular formula is C15H19NO4. The van der Waals surface area contributed by atoms with Crippen molar-refractivity contribution in [2.45, 2.75) is 32.2 Å². The minimum atomic E-state index is -1.22. The molecule has 0 bridgehead atoms. The third-order valence-corrected chi connectivity index (χ3v) is 3.74. The zero-order valence-corrected chi connectivity index (χ0v) is 11.7. The Morgan fingerprint density at radius 1 is 1.25 bits per heavy atom. The Labute approximate surface area is 117 Å². The van der Waals surface area contributed by atoms with Crippen LogP contribution in [0.25, 0.3) is 0 Å². The van der Waals surface area contributed by atoms with Crippen LogP contribution in [0.4, 0.5) is 0 Å². The largest absolute Gasteiger partial charge is 0.480 e. The summed E-state index contributed by atoms with van der Waals surface area (Å²) in [5, 5.41) is 12.1. The summed E-state index contributed by atoms with van der Waals surface area (Å²) in [6.07, 6.45) is 0.581. The van der Waals surface area contributed by atoms with E-state index in [0.29, 0.717) is 31.6 Å². The number of hydrogen-bond acceptors (Lipinski definition) is 3. The molecule has 1 aliphatic heterocycles. The zero-order chi connectivity index (χ0) is 14.8. The van der Waals surface area contributed by atoms with Crippen molar-refractivity contribution >= 4 is 11.9 Å². The summed E-state index contributed by atoms with van der Waals surface area (Å²) in [5.74, 6) is -1.34. The molecule has 0 spiro atoms. The van der Waals surface area contributed by atoms with Gasteiger partial charge in [0, 0.05) is 31.6 Å². The molecule has 20 heavy (non-hydrogen) atoms. The number of aliphatic carboxylic acids is 1. The summed E-state index contributed by atoms with van der Waals surface area (Å²) < 4.78 is 5.19. The Morgan fingerprint density at radius 2 is 1.90 bits per heavy atom. The van der Waals surface area contributed by atoms with E-state index >= 15 is 0 Å². The monoisotopic (exact) mass is 277 g/mol. The lowest BCUT2D eigenvalue weighted by molar-refractivity contribution is -0.148. The molecule has 2 rings (SSSR count). The number of rotatable bonds is 3. The van der Waals surface area contributed by atoms with Crippen LogP contribution in [0.5, 0.6) is 0 Å². The van der Waals surface area contributed by atoms with Crippen LogP contribution >= 0.6 is 0 Å². The highest BCUT2D eigenvalue weighted by Crippen LogP contribution is 2.22. The molecule has 1 fully saturated rings. The van der Waals surface area contributed by atoms with E-state index < -0.39 is 11.5 Å². The lowest BCUT2D eigenvalue weighted by Gasteiger charge is -2.34. The highest BCUT2D eigenvalue weighted by molar-refractivity contribution is 5.99. The average Bonchev–Trinajstić information content (AvgIpc) is 2.39. The number of carbonyl (C=O) groups excluding carboxylic acids is 1. The number of benzene rings is 1. The van der Waals surface area contributed by atoms with Crippen molar-refractivity contribution in [3.05, 3.63) is 34.9 Å². The number of carboxylic acids is 1. The number of nitrogens with one attached hydrogen (secondary N) is 1. The molecule has 0 unspecified atom stereocenters. The fourth-order valence-corrected chi connectivity index (χ4v) is 2.47. The number of carboxylic acid groups (broad SMARTS) is 1. The SMILES string of the molecule is Cc1ccc(C(=O)NC2(C(=O)O)CCOCC2)c(C)c1. The smallest absolute Gasteiger partial charge is 0.329 e. The van der Waals surface area contributed by atoms with Crippen LogP contribution in [0.2, 0.25) is 0 Å². The van der Waals surface area contributed by atoms with Crippen molar-refractivity contribution in [1.29, 1.82) is 0 Å². The summed E-state index contributed by atoms with van der Waals surface area (Å²) in [7, 11) is 0. The molecule has 0 aliphatic carbocycles. The summed E-state index contributed by atoms with van der Waals surface area (Å²) in [6, 6.07) is 5.49. The Morgan fingerprint density at radius 3 is 2.45 bits per heavy atom. The van der Waals surface area contributed by atoms with Crippen LogP contribution in [0.15, 0.2) is 18.2 Å². The molecular weight excluding hydrogens is 258 g/mol. The average molecular weight is 277 g/mol. The summed E-state index contributed by atoms with van der Waals surface area (Å²) in [5.41, 5.74) is 1.21. The molecule has 2 N–H and O–H groups in total. The van der Waals surface area contributed by atoms with Gasteiger partial charge in [0.15, 0.2) is 0 Å². The summed E-state index contributed by atoms with van der Waals surface area (Å²) >= 11 is 0. The maximum Gasteiger partial charge on any atom is 0.329 e. The van der Waals surface area contributed by atoms with Gasteiger partial charge in [-0.05, 0) is 25.5 Å². The van der Waals surface area contributed by atoms with Gasteiger partial charge in [-0.1, -0.05) is 17.7 Å². The van der Waals surface area contributed by atoms with E-state index in [4.69, 9.17) is 4.74 Å². The van der Waals surface area contributed by atoms with E-state index in [1.165, 1.54) is 0 Å². The quantitative estimate of drug-likeness (QED) is 0.881. The third kappa shape index (κ3) is 2.82. The first kappa shape index (κ1) is 14.5. The van der Waals surface area contributed by atoms with E-state index in [9.17, 15) is 14.7 Å². The molecule has 1 saturated heterocycles. The van der Waals surface area contributed by atoms with Crippen molar-refractivity contribution in [1.82, 2.24) is 5.32 Å². The van der Waals surface area contributed by atoms with Crippen LogP contribution in [-0.4, -0.2) is 35.7 Å². The second-order valence-corrected chi connectivity index (χ2v) is 5.27. The van der Waals surface area contributed by atoms with Crippen LogP contribution in [0, 0.1) is 13.8 Å². The van der Waals surface area contributed by atoms with Crippen molar-refractivity contribution in [3.63, 3.8) is 0 Å². The molecule has 1 aromatic carbocycles. The number of hydrogen-bond donors (Lipinski definition) is 2. The number of amides is 1. The second-order valence-electron chi connectivity index (χ2n) is 5.27. The normalized spacial score (nSPS) is 17.5. The molecule has 1 heterocycles. The van der Waals surface area contributed by atoms with Crippen LogP contribution in [-0.2, 0) is 9.53 Å². The molecule has 0 atom stereocenters. The van der Waals surface area contributed by atoms with Gasteiger partial charge in [0.2, 0.25) is 0 Å². The molecule has 0 saturated carbocycles. The van der Waals surface area contributed by atoms with Crippen molar-refractivity contribution in [2.75, 3.05) is 13.2 Å². The first-order valence-electron chi connectivity index (χ1n) is 6.65. The van der Waals surface area contributed by atoms with Gasteiger partial charge in [-0.3, -0.25) is 4.79 Å². The van der Waals surface area contributed by atoms with Gasteiger partial charge in [-0.2, -0.15) is 0 Å². The van der Waals surface area contributed by atoms with Crippen molar-refractivity contribution in [2.24, 2.45) is 0 Å². The van der Waals surface area contributed by atoms with E-state index in [2.05, 4.69) is 5.32 Å². The molecule has 0 aromatic heterocycles. The minimum Gasteiger partial charge on any atom is -0.480 e. The molecule has 1 amide bonds. The fourth-order valence-electron chi connectivity index (χ4n) is 2.47. The Balaban J connectivity index is 2.22. The topological polar surface area (TPSA) is 75.6 Å². The van der Waals surface area contributed by atoms with Crippen LogP contribution in [0.1, 0.15) is 34.3 Å². The minimum absolute atomic E-state index is 0.291. The van der Waals surface area contributed by atoms with Crippen molar-refractivity contribution < 1.29 is 19.4 Å². The number of ether oxygens (including phenoxy) is 1. The predicted molar refractivity (Wildman–Crippen MR) is 73.8 cm³/mol. The third-order valence-electron chi connectivity index (χ3n) is 3.74. The van der Waals surface area contributed by atoms with Gasteiger partial charge in [-0.25, -0.2) is 4.79 Å². The Hall–Kier alpha value is -1.88. The molecule has 5 heteroatoms. The maximum absolute atomic E-state index is 12.3. The predicted octanol–water partition coefficient (Wildman–Crippen LogP) is 1.67. The summed E-state index contributed by atoms with van der Waals surface area (Å²) in [4.78, 5) is 23.9. The highest BCUT2D eigenvalue weighted by Gasteiger charge is 2.41. The lowest BCUT2D eigenvalue weighted by Crippen LogP contribution is -2.57. The van der Waals surface area contributed by atoms with E-state index in [0.717, 1.165) is 11.1 Å². The van der Waals surface area contributed by atoms with E-state index in [-0.39, 0.29) is 5.91 Å². The van der Waals surface area contributed by atoms with Gasteiger partial charge in [0.1, 0.15) is 5.54 Å². The standard InChI is InChI=1S/C15H19NO4/c1-10-3-4-12(11(2)9-10)13(17)16-15(14(18)19)5-7-20-8-6-15/h3-4,9H,5-8H2,1-2H3,(H,16,17)(H,18,19). The van der Waals surface area contributed by atoms with Gasteiger partial charge in [0.05, 0.1) is 0 Å². The Bertz CT molecular complexity index is 533. The van der Waals surface area contributed by atoms with Crippen LogP contribution in [0.3, 0.4) is 0 Å². The molecule has 0 radical (unpaired) electrons. The lowest BCUT2D eigenvalue weighted by atomic mass is 9.89. The van der Waals surface area contributed by atoms with Crippen molar-refractivity contribution in [3.8, 4) is 0 Å². The molecule has 5 nitrogen and oxygen atoms in total. The number of aryl methyl sites for hydroxylation is 2. The van der Waals surface area contributed by atoms with Gasteiger partial charge in [0.25, 0.3) is 5.91 Å². The first-order chi connectivity index (χ1) is 9.44. The molecule has 1 aromatic rings. The summed E-state index contributed by atoms with van der Waals surface area (Å²) in [6.45, 7) is 4.49. The molecule has 108 valence electrons. The highest BCUT2D eigenvalue weighted by atomic mass is 16.5. The van der Waals surface area contributed by atoms with Gasteiger partial charge in [-0.15, -0.1) is 0 Å². The van der Waals surface area contributed by atoms with Gasteiger partial charge >= 0.3 is 5.97 Å². The fraction of sp³-hybridized carbons (Fsp3) is 0.467. The van der Waals surface area contributed by atoms with E-state index in [1.807, 2.05) is 26.0 Å².